The van der Waals surface area contributed by atoms with Crippen LogP contribution in [-0.4, -0.2) is 41.6 Å². The molecule has 0 aromatic carbocycles. The number of nitrogens with one attached hydrogen (secondary N) is 1. The van der Waals surface area contributed by atoms with E-state index in [1.54, 1.807) is 6.92 Å². The first-order chi connectivity index (χ1) is 8.92. The lowest BCUT2D eigenvalue weighted by Gasteiger charge is -2.27. The molecule has 0 radical (unpaired) electrons. The van der Waals surface area contributed by atoms with Crippen molar-refractivity contribution in [3.63, 3.8) is 0 Å². The van der Waals surface area contributed by atoms with Crippen LogP contribution >= 0.6 is 0 Å². The summed E-state index contributed by atoms with van der Waals surface area (Å²) in [5, 5.41) is 12.0. The molecule has 1 aliphatic carbocycles. The highest BCUT2D eigenvalue weighted by Gasteiger charge is 2.32. The minimum atomic E-state index is -0.882. The normalized spacial score (nSPS) is 17.6. The zero-order chi connectivity index (χ0) is 14.5. The van der Waals surface area contributed by atoms with Crippen LogP contribution in [0.25, 0.3) is 0 Å². The fourth-order valence-corrected chi connectivity index (χ4v) is 1.89. The van der Waals surface area contributed by atoms with Crippen LogP contribution in [0.4, 0.5) is 4.79 Å². The molecule has 0 saturated heterocycles. The van der Waals surface area contributed by atoms with Crippen molar-refractivity contribution in [1.82, 2.24) is 10.2 Å². The molecule has 1 atom stereocenters. The van der Waals surface area contributed by atoms with Crippen molar-refractivity contribution < 1.29 is 14.7 Å². The average molecular weight is 270 g/mol. The first kappa shape index (κ1) is 15.8. The Bertz CT molecular complexity index is 329. The molecule has 0 spiro atoms. The molecule has 0 aliphatic heterocycles. The molecule has 1 fully saturated rings. The van der Waals surface area contributed by atoms with Crippen molar-refractivity contribution in [3.8, 4) is 0 Å². The summed E-state index contributed by atoms with van der Waals surface area (Å²) in [5.74, 6) is -0.214. The predicted octanol–water partition coefficient (Wildman–Crippen LogP) is 2.32. The number of carbonyl (C=O) groups excluding carboxylic acids is 1. The number of nitrogens with zero attached hydrogens (tertiary/aromatic N) is 1. The molecule has 1 aliphatic rings. The lowest BCUT2D eigenvalue weighted by atomic mass is 9.88. The predicted molar refractivity (Wildman–Crippen MR) is 74.0 cm³/mol. The molecule has 1 unspecified atom stereocenters. The maximum atomic E-state index is 12.1. The molecule has 5 heteroatoms. The molecular weight excluding hydrogens is 244 g/mol. The van der Waals surface area contributed by atoms with E-state index in [0.29, 0.717) is 12.3 Å². The molecule has 0 aromatic rings. The largest absolute Gasteiger partial charge is 0.481 e. The van der Waals surface area contributed by atoms with Crippen LogP contribution in [0.2, 0.25) is 0 Å². The molecule has 1 saturated carbocycles. The molecule has 5 nitrogen and oxygen atoms in total. The Morgan fingerprint density at radius 1 is 1.37 bits per heavy atom. The summed E-state index contributed by atoms with van der Waals surface area (Å²) in [6.07, 6.45) is 3.83. The van der Waals surface area contributed by atoms with E-state index in [9.17, 15) is 14.7 Å². The highest BCUT2D eigenvalue weighted by molar-refractivity contribution is 5.77. The standard InChI is InChI=1S/C14H26N2O3/c1-4-8-16(9-11-6-7-11)13(19)15-10-14(3,5-2)12(17)18/h11H,4-10H2,1-3H3,(H,15,19)(H,17,18). The molecule has 2 amide bonds. The van der Waals surface area contributed by atoms with Gasteiger partial charge in [0.2, 0.25) is 0 Å². The molecule has 2 N–H and O–H groups in total. The smallest absolute Gasteiger partial charge is 0.317 e. The minimum Gasteiger partial charge on any atom is -0.481 e. The molecule has 110 valence electrons. The number of hydrogen-bond acceptors (Lipinski definition) is 2. The van der Waals surface area contributed by atoms with Crippen molar-refractivity contribution >= 4 is 12.0 Å². The fraction of sp³-hybridized carbons (Fsp3) is 0.857. The van der Waals surface area contributed by atoms with Crippen LogP contribution in [0.5, 0.6) is 0 Å². The van der Waals surface area contributed by atoms with Crippen LogP contribution in [-0.2, 0) is 4.79 Å². The van der Waals surface area contributed by atoms with Crippen molar-refractivity contribution in [2.45, 2.75) is 46.5 Å². The zero-order valence-corrected chi connectivity index (χ0v) is 12.2. The molecule has 1 rings (SSSR count). The lowest BCUT2D eigenvalue weighted by Crippen LogP contribution is -2.47. The van der Waals surface area contributed by atoms with E-state index in [-0.39, 0.29) is 12.6 Å². The third kappa shape index (κ3) is 4.73. The van der Waals surface area contributed by atoms with E-state index in [4.69, 9.17) is 0 Å². The molecule has 0 bridgehead atoms. The monoisotopic (exact) mass is 270 g/mol. The first-order valence-electron chi connectivity index (χ1n) is 7.19. The van der Waals surface area contributed by atoms with Gasteiger partial charge in [-0.1, -0.05) is 13.8 Å². The number of hydrogen-bond donors (Lipinski definition) is 2. The van der Waals surface area contributed by atoms with E-state index >= 15 is 0 Å². The van der Waals surface area contributed by atoms with Crippen LogP contribution in [0.15, 0.2) is 0 Å². The Balaban J connectivity index is 2.48. The van der Waals surface area contributed by atoms with Gasteiger partial charge in [-0.05, 0) is 38.5 Å². The second-order valence-electron chi connectivity index (χ2n) is 5.77. The van der Waals surface area contributed by atoms with E-state index < -0.39 is 11.4 Å². The second-order valence-corrected chi connectivity index (χ2v) is 5.77. The number of aliphatic carboxylic acids is 1. The number of carboxylic acids is 1. The molecule has 0 aromatic heterocycles. The van der Waals surface area contributed by atoms with Crippen LogP contribution < -0.4 is 5.32 Å². The van der Waals surface area contributed by atoms with E-state index in [1.807, 2.05) is 18.7 Å². The van der Waals surface area contributed by atoms with Crippen LogP contribution in [0.1, 0.15) is 46.5 Å². The average Bonchev–Trinajstić information content (AvgIpc) is 3.18. The van der Waals surface area contributed by atoms with E-state index in [0.717, 1.165) is 19.5 Å². The SMILES string of the molecule is CCCN(CC1CC1)C(=O)NCC(C)(CC)C(=O)O. The Morgan fingerprint density at radius 3 is 2.42 bits per heavy atom. The lowest BCUT2D eigenvalue weighted by molar-refractivity contribution is -0.147. The van der Waals surface area contributed by atoms with Gasteiger partial charge in [-0.15, -0.1) is 0 Å². The van der Waals surface area contributed by atoms with Gasteiger partial charge in [0.15, 0.2) is 0 Å². The highest BCUT2D eigenvalue weighted by atomic mass is 16.4. The number of urea groups is 1. The van der Waals surface area contributed by atoms with E-state index in [1.165, 1.54) is 12.8 Å². The quantitative estimate of drug-likeness (QED) is 0.711. The third-order valence-corrected chi connectivity index (χ3v) is 3.88. The summed E-state index contributed by atoms with van der Waals surface area (Å²) in [6, 6.07) is -0.130. The summed E-state index contributed by atoms with van der Waals surface area (Å²) in [5.41, 5.74) is -0.882. The molecule has 0 heterocycles. The van der Waals surface area contributed by atoms with Gasteiger partial charge in [-0.25, -0.2) is 4.79 Å². The van der Waals surface area contributed by atoms with Crippen LogP contribution in [0, 0.1) is 11.3 Å². The minimum absolute atomic E-state index is 0.130. The molecule has 19 heavy (non-hydrogen) atoms. The summed E-state index contributed by atoms with van der Waals surface area (Å²) in [6.45, 7) is 7.26. The fourth-order valence-electron chi connectivity index (χ4n) is 1.89. The molecular formula is C14H26N2O3. The van der Waals surface area contributed by atoms with Gasteiger partial charge in [0.1, 0.15) is 0 Å². The van der Waals surface area contributed by atoms with Gasteiger partial charge >= 0.3 is 12.0 Å². The summed E-state index contributed by atoms with van der Waals surface area (Å²) >= 11 is 0. The number of carbonyl (C=O) groups is 2. The van der Waals surface area contributed by atoms with Crippen molar-refractivity contribution in [1.29, 1.82) is 0 Å². The van der Waals surface area contributed by atoms with Gasteiger partial charge in [-0.2, -0.15) is 0 Å². The third-order valence-electron chi connectivity index (χ3n) is 3.88. The Kier molecular flexibility index (Phi) is 5.63. The topological polar surface area (TPSA) is 69.6 Å². The van der Waals surface area contributed by atoms with Crippen molar-refractivity contribution in [3.05, 3.63) is 0 Å². The van der Waals surface area contributed by atoms with Crippen molar-refractivity contribution in [2.24, 2.45) is 11.3 Å². The van der Waals surface area contributed by atoms with Gasteiger partial charge in [-0.3, -0.25) is 4.79 Å². The summed E-state index contributed by atoms with van der Waals surface area (Å²) in [4.78, 5) is 25.1. The van der Waals surface area contributed by atoms with E-state index in [2.05, 4.69) is 5.32 Å². The first-order valence-corrected chi connectivity index (χ1v) is 7.19. The number of rotatable bonds is 8. The Morgan fingerprint density at radius 2 is 2.00 bits per heavy atom. The Hall–Kier alpha value is -1.26. The van der Waals surface area contributed by atoms with Crippen molar-refractivity contribution in [2.75, 3.05) is 19.6 Å². The van der Waals surface area contributed by atoms with Gasteiger partial charge in [0.05, 0.1) is 5.41 Å². The van der Waals surface area contributed by atoms with Crippen LogP contribution in [0.3, 0.4) is 0 Å². The number of carboxylic acid groups (broad SMARTS) is 1. The van der Waals surface area contributed by atoms with Gasteiger partial charge < -0.3 is 15.3 Å². The summed E-state index contributed by atoms with van der Waals surface area (Å²) in [7, 11) is 0. The second kappa shape index (κ2) is 6.78. The highest BCUT2D eigenvalue weighted by Crippen LogP contribution is 2.29. The number of amides is 2. The maximum Gasteiger partial charge on any atom is 0.317 e. The Labute approximate surface area is 115 Å². The summed E-state index contributed by atoms with van der Waals surface area (Å²) < 4.78 is 0. The maximum absolute atomic E-state index is 12.1. The van der Waals surface area contributed by atoms with Gasteiger partial charge in [0.25, 0.3) is 0 Å². The van der Waals surface area contributed by atoms with Gasteiger partial charge in [0, 0.05) is 19.6 Å². The zero-order valence-electron chi connectivity index (χ0n) is 12.2.